The van der Waals surface area contributed by atoms with Gasteiger partial charge in [0.25, 0.3) is 0 Å². The zero-order valence-corrected chi connectivity index (χ0v) is 8.67. The predicted molar refractivity (Wildman–Crippen MR) is 57.1 cm³/mol. The zero-order valence-electron chi connectivity index (χ0n) is 8.67. The first-order valence-corrected chi connectivity index (χ1v) is 5.61. The van der Waals surface area contributed by atoms with Gasteiger partial charge in [0.2, 0.25) is 0 Å². The van der Waals surface area contributed by atoms with E-state index in [9.17, 15) is 0 Å². The lowest BCUT2D eigenvalue weighted by Gasteiger charge is -2.35. The van der Waals surface area contributed by atoms with Crippen LogP contribution in [0.5, 0.6) is 0 Å². The van der Waals surface area contributed by atoms with E-state index in [-0.39, 0.29) is 5.41 Å². The van der Waals surface area contributed by atoms with Gasteiger partial charge in [0.15, 0.2) is 0 Å². The second-order valence-corrected chi connectivity index (χ2v) is 4.36. The SMILES string of the molecule is NCCC1(c2ccco2)CCCCC1. The fraction of sp³-hybridized carbons (Fsp3) is 0.667. The van der Waals surface area contributed by atoms with E-state index < -0.39 is 0 Å². The van der Waals surface area contributed by atoms with E-state index in [1.165, 1.54) is 32.1 Å². The highest BCUT2D eigenvalue weighted by Gasteiger charge is 2.35. The van der Waals surface area contributed by atoms with E-state index >= 15 is 0 Å². The van der Waals surface area contributed by atoms with Crippen LogP contribution < -0.4 is 5.73 Å². The van der Waals surface area contributed by atoms with Crippen LogP contribution in [-0.4, -0.2) is 6.54 Å². The van der Waals surface area contributed by atoms with E-state index in [0.717, 1.165) is 18.7 Å². The Morgan fingerprint density at radius 2 is 2.07 bits per heavy atom. The summed E-state index contributed by atoms with van der Waals surface area (Å²) in [6.07, 6.45) is 9.35. The molecule has 1 aromatic heterocycles. The first kappa shape index (κ1) is 9.78. The third-order valence-electron chi connectivity index (χ3n) is 3.48. The van der Waals surface area contributed by atoms with Crippen LogP contribution in [-0.2, 0) is 5.41 Å². The standard InChI is InChI=1S/C12H19NO/c13-9-8-12(6-2-1-3-7-12)11-5-4-10-14-11/h4-5,10H,1-3,6-9,13H2. The Bertz CT molecular complexity index is 254. The summed E-state index contributed by atoms with van der Waals surface area (Å²) in [4.78, 5) is 0. The minimum atomic E-state index is 0.260. The van der Waals surface area contributed by atoms with Crippen LogP contribution in [0.15, 0.2) is 22.8 Å². The molecule has 1 aliphatic carbocycles. The second kappa shape index (κ2) is 4.18. The van der Waals surface area contributed by atoms with Gasteiger partial charge in [-0.05, 0) is 37.9 Å². The second-order valence-electron chi connectivity index (χ2n) is 4.36. The summed E-state index contributed by atoms with van der Waals surface area (Å²) >= 11 is 0. The molecule has 0 amide bonds. The van der Waals surface area contributed by atoms with Gasteiger partial charge in [-0.3, -0.25) is 0 Å². The highest BCUT2D eigenvalue weighted by atomic mass is 16.3. The molecule has 2 rings (SSSR count). The maximum absolute atomic E-state index is 5.71. The molecule has 0 radical (unpaired) electrons. The molecule has 0 spiro atoms. The molecule has 1 aliphatic rings. The molecule has 1 aromatic rings. The van der Waals surface area contributed by atoms with E-state index in [0.29, 0.717) is 0 Å². The number of rotatable bonds is 3. The van der Waals surface area contributed by atoms with Gasteiger partial charge < -0.3 is 10.2 Å². The molecular weight excluding hydrogens is 174 g/mol. The maximum Gasteiger partial charge on any atom is 0.109 e. The lowest BCUT2D eigenvalue weighted by Crippen LogP contribution is -2.31. The highest BCUT2D eigenvalue weighted by molar-refractivity contribution is 5.15. The Balaban J connectivity index is 2.20. The summed E-state index contributed by atoms with van der Waals surface area (Å²) < 4.78 is 5.57. The van der Waals surface area contributed by atoms with E-state index in [4.69, 9.17) is 10.2 Å². The summed E-state index contributed by atoms with van der Waals surface area (Å²) in [5, 5.41) is 0. The molecular formula is C12H19NO. The Labute approximate surface area is 85.5 Å². The van der Waals surface area contributed by atoms with Crippen molar-refractivity contribution in [1.29, 1.82) is 0 Å². The van der Waals surface area contributed by atoms with Crippen LogP contribution in [0, 0.1) is 0 Å². The fourth-order valence-corrected chi connectivity index (χ4v) is 2.70. The summed E-state index contributed by atoms with van der Waals surface area (Å²) in [7, 11) is 0. The van der Waals surface area contributed by atoms with Crippen molar-refractivity contribution in [2.75, 3.05) is 6.54 Å². The number of furan rings is 1. The Morgan fingerprint density at radius 3 is 2.64 bits per heavy atom. The van der Waals surface area contributed by atoms with Gasteiger partial charge in [0.1, 0.15) is 5.76 Å². The van der Waals surface area contributed by atoms with Crippen LogP contribution >= 0.6 is 0 Å². The molecule has 0 atom stereocenters. The zero-order chi connectivity index (χ0) is 9.86. The smallest absolute Gasteiger partial charge is 0.109 e. The molecule has 2 heteroatoms. The van der Waals surface area contributed by atoms with Crippen molar-refractivity contribution in [3.05, 3.63) is 24.2 Å². The number of hydrogen-bond donors (Lipinski definition) is 1. The quantitative estimate of drug-likeness (QED) is 0.801. The monoisotopic (exact) mass is 193 g/mol. The summed E-state index contributed by atoms with van der Waals surface area (Å²) in [6.45, 7) is 0.765. The van der Waals surface area contributed by atoms with Gasteiger partial charge in [-0.2, -0.15) is 0 Å². The third-order valence-corrected chi connectivity index (χ3v) is 3.48. The molecule has 2 nitrogen and oxygen atoms in total. The van der Waals surface area contributed by atoms with Crippen molar-refractivity contribution in [3.63, 3.8) is 0 Å². The molecule has 0 bridgehead atoms. The first-order valence-electron chi connectivity index (χ1n) is 5.61. The normalized spacial score (nSPS) is 20.9. The fourth-order valence-electron chi connectivity index (χ4n) is 2.70. The molecule has 0 aliphatic heterocycles. The van der Waals surface area contributed by atoms with Crippen molar-refractivity contribution < 1.29 is 4.42 Å². The molecule has 1 heterocycles. The molecule has 1 saturated carbocycles. The highest BCUT2D eigenvalue weighted by Crippen LogP contribution is 2.41. The minimum Gasteiger partial charge on any atom is -0.469 e. The van der Waals surface area contributed by atoms with Crippen LogP contribution in [0.4, 0.5) is 0 Å². The van der Waals surface area contributed by atoms with Crippen LogP contribution in [0.2, 0.25) is 0 Å². The Hall–Kier alpha value is -0.760. The molecule has 14 heavy (non-hydrogen) atoms. The summed E-state index contributed by atoms with van der Waals surface area (Å²) in [5.74, 6) is 1.16. The topological polar surface area (TPSA) is 39.2 Å². The lowest BCUT2D eigenvalue weighted by atomic mass is 9.70. The molecule has 1 fully saturated rings. The molecule has 0 aromatic carbocycles. The van der Waals surface area contributed by atoms with E-state index in [2.05, 4.69) is 6.07 Å². The predicted octanol–water partition coefficient (Wildman–Crippen LogP) is 2.83. The van der Waals surface area contributed by atoms with Gasteiger partial charge in [-0.25, -0.2) is 0 Å². The van der Waals surface area contributed by atoms with Crippen LogP contribution in [0.1, 0.15) is 44.3 Å². The van der Waals surface area contributed by atoms with Gasteiger partial charge >= 0.3 is 0 Å². The van der Waals surface area contributed by atoms with E-state index in [1.807, 2.05) is 6.07 Å². The Kier molecular flexibility index (Phi) is 2.92. The number of nitrogens with two attached hydrogens (primary N) is 1. The van der Waals surface area contributed by atoms with E-state index in [1.54, 1.807) is 6.26 Å². The van der Waals surface area contributed by atoms with Gasteiger partial charge in [-0.15, -0.1) is 0 Å². The van der Waals surface area contributed by atoms with Gasteiger partial charge in [0.05, 0.1) is 6.26 Å². The molecule has 78 valence electrons. The maximum atomic E-state index is 5.71. The van der Waals surface area contributed by atoms with Crippen molar-refractivity contribution in [2.24, 2.45) is 5.73 Å². The van der Waals surface area contributed by atoms with Crippen molar-refractivity contribution in [1.82, 2.24) is 0 Å². The largest absolute Gasteiger partial charge is 0.469 e. The van der Waals surface area contributed by atoms with Crippen molar-refractivity contribution in [2.45, 2.75) is 43.9 Å². The van der Waals surface area contributed by atoms with Gasteiger partial charge in [0, 0.05) is 5.41 Å². The van der Waals surface area contributed by atoms with Crippen molar-refractivity contribution >= 4 is 0 Å². The summed E-state index contributed by atoms with van der Waals surface area (Å²) in [6, 6.07) is 4.10. The average molecular weight is 193 g/mol. The van der Waals surface area contributed by atoms with Crippen molar-refractivity contribution in [3.8, 4) is 0 Å². The lowest BCUT2D eigenvalue weighted by molar-refractivity contribution is 0.232. The Morgan fingerprint density at radius 1 is 1.29 bits per heavy atom. The number of hydrogen-bond acceptors (Lipinski definition) is 2. The molecule has 0 unspecified atom stereocenters. The summed E-state index contributed by atoms with van der Waals surface area (Å²) in [5.41, 5.74) is 5.97. The van der Waals surface area contributed by atoms with Crippen LogP contribution in [0.3, 0.4) is 0 Å². The molecule has 0 saturated heterocycles. The minimum absolute atomic E-state index is 0.260. The first-order chi connectivity index (χ1) is 6.87. The van der Waals surface area contributed by atoms with Gasteiger partial charge in [-0.1, -0.05) is 19.3 Å². The average Bonchev–Trinajstić information content (AvgIpc) is 2.73. The third kappa shape index (κ3) is 1.71. The van der Waals surface area contributed by atoms with Crippen LogP contribution in [0.25, 0.3) is 0 Å². The molecule has 2 N–H and O–H groups in total.